The predicted octanol–water partition coefficient (Wildman–Crippen LogP) is -9.33. The lowest BCUT2D eigenvalue weighted by Crippen LogP contribution is -2.61. The highest BCUT2D eigenvalue weighted by Crippen LogP contribution is 2.23. The Balaban J connectivity index is 3.36. The quantitative estimate of drug-likeness (QED) is 0.0251. The van der Waals surface area contributed by atoms with Crippen LogP contribution < -0.4 is 119 Å². The van der Waals surface area contributed by atoms with Gasteiger partial charge in [0, 0.05) is 32.2 Å². The summed E-state index contributed by atoms with van der Waals surface area (Å²) in [4.78, 5) is 333. The third kappa shape index (κ3) is 48.3. The van der Waals surface area contributed by atoms with Gasteiger partial charge in [-0.3, -0.25) is 115 Å². The number of hydrogen-bond acceptors (Lipinski definition) is 30. The lowest BCUT2D eigenvalue weighted by molar-refractivity contribution is -0.144. The Kier molecular flexibility index (Phi) is 58.3. The summed E-state index contributed by atoms with van der Waals surface area (Å²) >= 11 is 0. The lowest BCUT2D eigenvalue weighted by Gasteiger charge is -2.33. The van der Waals surface area contributed by atoms with Crippen molar-refractivity contribution in [1.29, 1.82) is 0 Å². The average molecular weight is 2010 g/mol. The van der Waals surface area contributed by atoms with Crippen LogP contribution in [0.3, 0.4) is 0 Å². The van der Waals surface area contributed by atoms with Gasteiger partial charge >= 0.3 is 35.8 Å². The highest BCUT2D eigenvalue weighted by Gasteiger charge is 2.44. The van der Waals surface area contributed by atoms with E-state index in [4.69, 9.17) is 33.8 Å². The van der Waals surface area contributed by atoms with Gasteiger partial charge in [-0.2, -0.15) is 0 Å². The molecule has 34 N–H and O–H groups in total. The van der Waals surface area contributed by atoms with Gasteiger partial charge in [-0.25, -0.2) is 4.79 Å². The maximum absolute atomic E-state index is 14.8. The molecule has 0 aromatic carbocycles. The number of nitrogens with two attached hydrogens (primary N) is 5. The molecule has 0 unspecified atom stereocenters. The summed E-state index contributed by atoms with van der Waals surface area (Å²) in [5.74, 6) is -30.9. The minimum absolute atomic E-state index is 0.0648. The zero-order valence-corrected chi connectivity index (χ0v) is 81.0. The fourth-order valence-electron chi connectivity index (χ4n) is 14.0. The Morgan fingerprint density at radius 2 is 0.681 bits per heavy atom. The number of likely N-dealkylation sites (tertiary alicyclic amines) is 1. The first-order chi connectivity index (χ1) is 66.1. The molecule has 796 valence electrons. The summed E-state index contributed by atoms with van der Waals surface area (Å²) in [6.45, 7) is 13.1. The maximum atomic E-state index is 14.8. The molecule has 1 aliphatic heterocycles. The second-order valence-corrected chi connectivity index (χ2v) is 34.9. The first-order valence-electron chi connectivity index (χ1n) is 46.6. The van der Waals surface area contributed by atoms with E-state index in [9.17, 15) is 151 Å². The Morgan fingerprint density at radius 1 is 0.340 bits per heavy atom. The molecule has 0 radical (unpaired) electrons. The summed E-state index contributed by atoms with van der Waals surface area (Å²) in [7, 11) is 0. The molecule has 1 fully saturated rings. The molecule has 0 bridgehead atoms. The third-order valence-electron chi connectivity index (χ3n) is 22.6. The molecule has 0 aromatic heterocycles. The van der Waals surface area contributed by atoms with E-state index in [1.807, 2.05) is 0 Å². The minimum Gasteiger partial charge on any atom is -0.481 e. The highest BCUT2D eigenvalue weighted by atomic mass is 16.4. The first kappa shape index (κ1) is 126. The molecule has 55 nitrogen and oxygen atoms in total. The maximum Gasteiger partial charge on any atom is 0.326 e. The Hall–Kier alpha value is -13.4. The molecule has 19 amide bonds. The van der Waals surface area contributed by atoms with Gasteiger partial charge in [0.05, 0.1) is 38.1 Å². The molecule has 1 saturated heterocycles. The number of carbonyl (C=O) groups excluding carboxylic acids is 19. The summed E-state index contributed by atoms with van der Waals surface area (Å²) in [5, 5.41) is 108. The number of aliphatic hydroxyl groups excluding tert-OH is 1. The monoisotopic (exact) mass is 2010 g/mol. The van der Waals surface area contributed by atoms with Gasteiger partial charge < -0.3 is 160 Å². The van der Waals surface area contributed by atoms with Crippen LogP contribution in [0.5, 0.6) is 0 Å². The Morgan fingerprint density at radius 3 is 1.10 bits per heavy atom. The molecular formula is C86H145N23O32. The molecule has 0 saturated carbocycles. The Bertz CT molecular complexity index is 4310. The number of rotatable bonds is 71. The minimum atomic E-state index is -2.06. The van der Waals surface area contributed by atoms with E-state index < -0.39 is 340 Å². The fraction of sp³-hybridized carbons (Fsp3) is 0.709. The van der Waals surface area contributed by atoms with Gasteiger partial charge in [-0.15, -0.1) is 0 Å². The molecular weight excluding hydrogens is 1870 g/mol. The highest BCUT2D eigenvalue weighted by molar-refractivity contribution is 6.03. The molecule has 20 atom stereocenters. The zero-order valence-electron chi connectivity index (χ0n) is 81.0. The van der Waals surface area contributed by atoms with Crippen molar-refractivity contribution >= 4 is 148 Å². The fourth-order valence-corrected chi connectivity index (χ4v) is 14.0. The molecule has 141 heavy (non-hydrogen) atoms. The van der Waals surface area contributed by atoms with Gasteiger partial charge in [0.2, 0.25) is 112 Å². The number of nitrogens with one attached hydrogen (secondary N) is 17. The lowest BCUT2D eigenvalue weighted by atomic mass is 9.94. The van der Waals surface area contributed by atoms with E-state index in [1.54, 1.807) is 41.5 Å². The average Bonchev–Trinajstić information content (AvgIpc) is 1.71. The zero-order chi connectivity index (χ0) is 107. The van der Waals surface area contributed by atoms with Crippen molar-refractivity contribution in [1.82, 2.24) is 95.3 Å². The number of primary amides is 1. The molecule has 1 rings (SSSR count). The van der Waals surface area contributed by atoms with Crippen molar-refractivity contribution in [3.05, 3.63) is 0 Å². The van der Waals surface area contributed by atoms with E-state index >= 15 is 0 Å². The number of aliphatic carboxylic acids is 6. The number of carboxylic acids is 6. The van der Waals surface area contributed by atoms with E-state index in [0.717, 1.165) is 32.6 Å². The van der Waals surface area contributed by atoms with Crippen molar-refractivity contribution in [2.45, 2.75) is 332 Å². The summed E-state index contributed by atoms with van der Waals surface area (Å²) in [6, 6.07) is -27.5. The van der Waals surface area contributed by atoms with Gasteiger partial charge in [0.25, 0.3) is 0 Å². The van der Waals surface area contributed by atoms with Gasteiger partial charge in [-0.05, 0) is 168 Å². The smallest absolute Gasteiger partial charge is 0.326 e. The van der Waals surface area contributed by atoms with Crippen molar-refractivity contribution in [2.75, 3.05) is 39.3 Å². The number of amides is 19. The van der Waals surface area contributed by atoms with Crippen LogP contribution in [-0.2, 0) is 120 Å². The second kappa shape index (κ2) is 65.5. The van der Waals surface area contributed by atoms with Crippen LogP contribution in [0, 0.1) is 17.8 Å². The standard InChI is InChI=1S/C86H145N23O32/c1-11-42(5)67(106-61(113)40-92-60(112)39-93-70(124)44(7)96-84(138)69(47(10)110)108-78(132)50(21-14-17-33-88)99-76(130)52(26-30-64(118)119)101-75(129)51(25-29-63(116)117)98-71(125)45(8)94-73(127)48(90)24-28-62(114)115)83(137)107-68(43(6)12-2)82(136)105-57(36-41(3)4)85(139)109-35-19-23-58(109)81(135)104-56(38-66(122)123)80(134)103-55(37-59(91)111)79(133)95-46(9)72(126)97-49(20-13-16-32-87)74(128)100-53(27-31-65(120)121)77(131)102-54(86(140)141)22-15-18-34-89/h41-58,67-69,110H,11-40,87-90H2,1-10H3,(H2,91,111)(H,92,112)(H,93,124)(H,94,127)(H,95,133)(H,96,138)(H,97,126)(H,98,125)(H,99,130)(H,100,128)(H,101,129)(H,102,131)(H,103,134)(H,104,135)(H,105,136)(H,106,113)(H,107,137)(H,108,132)(H,114,115)(H,116,117)(H,118,119)(H,120,121)(H,122,123)(H,140,141)/t42-,43-,44-,45-,46-,47+,48-,49-,50-,51-,52-,53-,54-,55-,56-,57-,58-,67-,68-,69-/m0/s1. The number of hydrogen-bond donors (Lipinski definition) is 29. The van der Waals surface area contributed by atoms with Crippen molar-refractivity contribution < 1.29 is 156 Å². The third-order valence-corrected chi connectivity index (χ3v) is 22.6. The van der Waals surface area contributed by atoms with Crippen molar-refractivity contribution in [2.24, 2.45) is 46.4 Å². The SMILES string of the molecule is CC[C@H](C)[C@H](NC(=O)CNC(=O)CNC(=O)[C@H](C)NC(=O)[C@@H](NC(=O)[C@H](CCCCN)NC(=O)[C@H](CCC(=O)O)NC(=O)[C@H](CCC(=O)O)NC(=O)[C@H](C)NC(=O)[C@@H](N)CCC(=O)O)[C@@H](C)O)C(=O)N[C@H](C(=O)N[C@@H](CC(C)C)C(=O)N1CCC[C@H]1C(=O)N[C@@H](CC(=O)O)C(=O)N[C@@H](CC(N)=O)C(=O)N[C@@H](C)C(=O)N[C@@H](CCCCN)C(=O)N[C@@H](CCC(=O)O)C(=O)N[C@@H](CCCCN)C(=O)O)[C@@H](C)CC. The van der Waals surface area contributed by atoms with Gasteiger partial charge in [0.15, 0.2) is 0 Å². The van der Waals surface area contributed by atoms with Gasteiger partial charge in [-0.1, -0.05) is 54.4 Å². The van der Waals surface area contributed by atoms with Crippen LogP contribution in [0.15, 0.2) is 0 Å². The normalized spacial score (nSPS) is 16.2. The summed E-state index contributed by atoms with van der Waals surface area (Å²) in [6.07, 6.45) is -7.21. The second-order valence-electron chi connectivity index (χ2n) is 34.9. The van der Waals surface area contributed by atoms with E-state index in [0.29, 0.717) is 12.8 Å². The van der Waals surface area contributed by atoms with E-state index in [-0.39, 0.29) is 116 Å². The van der Waals surface area contributed by atoms with Crippen LogP contribution >= 0.6 is 0 Å². The van der Waals surface area contributed by atoms with Crippen molar-refractivity contribution in [3.63, 3.8) is 0 Å². The van der Waals surface area contributed by atoms with Crippen molar-refractivity contribution in [3.8, 4) is 0 Å². The molecule has 1 aliphatic rings. The van der Waals surface area contributed by atoms with Crippen LogP contribution in [0.25, 0.3) is 0 Å². The number of carboxylic acid groups (broad SMARTS) is 6. The molecule has 0 spiro atoms. The molecule has 1 heterocycles. The molecule has 0 aliphatic carbocycles. The predicted molar refractivity (Wildman–Crippen MR) is 495 cm³/mol. The molecule has 0 aromatic rings. The van der Waals surface area contributed by atoms with E-state index in [1.165, 1.54) is 0 Å². The van der Waals surface area contributed by atoms with Crippen LogP contribution in [0.4, 0.5) is 0 Å². The van der Waals surface area contributed by atoms with E-state index in [2.05, 4.69) is 90.4 Å². The largest absolute Gasteiger partial charge is 0.481 e. The molecule has 55 heteroatoms. The Labute approximate surface area is 813 Å². The van der Waals surface area contributed by atoms with Crippen LogP contribution in [0.1, 0.15) is 223 Å². The first-order valence-corrected chi connectivity index (χ1v) is 46.6. The van der Waals surface area contributed by atoms with Crippen LogP contribution in [0.2, 0.25) is 0 Å². The number of aliphatic hydroxyl groups is 1. The number of carbonyl (C=O) groups is 25. The summed E-state index contributed by atoms with van der Waals surface area (Å²) in [5.41, 5.74) is 28.1. The summed E-state index contributed by atoms with van der Waals surface area (Å²) < 4.78 is 0. The van der Waals surface area contributed by atoms with Crippen LogP contribution in [-0.4, -0.2) is 337 Å². The number of nitrogens with zero attached hydrogens (tertiary/aromatic N) is 1. The van der Waals surface area contributed by atoms with Gasteiger partial charge in [0.1, 0.15) is 96.7 Å². The number of unbranched alkanes of at least 4 members (excludes halogenated alkanes) is 3. The topological polar surface area (TPSA) is 906 Å².